The van der Waals surface area contributed by atoms with Crippen molar-refractivity contribution in [1.29, 1.82) is 0 Å². The molecule has 2 N–H and O–H groups in total. The molecule has 21 heavy (non-hydrogen) atoms. The molecule has 7 nitrogen and oxygen atoms in total. The Morgan fingerprint density at radius 2 is 1.90 bits per heavy atom. The summed E-state index contributed by atoms with van der Waals surface area (Å²) in [5.41, 5.74) is 0.378. The van der Waals surface area contributed by atoms with Gasteiger partial charge in [0.2, 0.25) is 11.8 Å². The smallest absolute Gasteiger partial charge is 0.332 e. The Morgan fingerprint density at radius 3 is 2.48 bits per heavy atom. The van der Waals surface area contributed by atoms with E-state index in [1.807, 2.05) is 6.92 Å². The van der Waals surface area contributed by atoms with Gasteiger partial charge < -0.3 is 10.6 Å². The highest BCUT2D eigenvalue weighted by atomic mass is 16.6. The number of nitrogens with one attached hydrogen (secondary N) is 2. The first-order valence-electron chi connectivity index (χ1n) is 7.65. The molecule has 116 valence electrons. The molecule has 0 aliphatic heterocycles. The van der Waals surface area contributed by atoms with Gasteiger partial charge in [0, 0.05) is 12.6 Å². The summed E-state index contributed by atoms with van der Waals surface area (Å²) in [6.07, 6.45) is 6.89. The standard InChI is InChI=1S/C14H23N5O2/c1-3-15-14-16-10(2)12(19(20)21)13(18-14)17-11-8-6-4-5-7-9-11/h11H,3-9H2,1-2H3,(H2,15,16,17,18). The molecule has 7 heteroatoms. The van der Waals surface area contributed by atoms with Crippen molar-refractivity contribution in [2.24, 2.45) is 0 Å². The van der Waals surface area contributed by atoms with Crippen molar-refractivity contribution in [3.8, 4) is 0 Å². The van der Waals surface area contributed by atoms with Gasteiger partial charge >= 0.3 is 5.69 Å². The summed E-state index contributed by atoms with van der Waals surface area (Å²) in [4.78, 5) is 19.3. The maximum Gasteiger partial charge on any atom is 0.332 e. The number of hydrogen-bond acceptors (Lipinski definition) is 6. The lowest BCUT2D eigenvalue weighted by Crippen LogP contribution is -2.21. The van der Waals surface area contributed by atoms with Crippen LogP contribution in [0.5, 0.6) is 0 Å². The summed E-state index contributed by atoms with van der Waals surface area (Å²) in [6.45, 7) is 4.28. The summed E-state index contributed by atoms with van der Waals surface area (Å²) < 4.78 is 0. The number of nitrogens with zero attached hydrogens (tertiary/aromatic N) is 3. The van der Waals surface area contributed by atoms with Gasteiger partial charge in [0.25, 0.3) is 0 Å². The average molecular weight is 293 g/mol. The van der Waals surface area contributed by atoms with Gasteiger partial charge in [0.15, 0.2) is 0 Å². The normalized spacial score (nSPS) is 16.3. The Morgan fingerprint density at radius 1 is 1.24 bits per heavy atom. The number of nitro groups is 1. The second kappa shape index (κ2) is 7.19. The summed E-state index contributed by atoms with van der Waals surface area (Å²) in [5.74, 6) is 0.784. The van der Waals surface area contributed by atoms with Gasteiger partial charge in [-0.2, -0.15) is 4.98 Å². The van der Waals surface area contributed by atoms with E-state index in [0.717, 1.165) is 25.7 Å². The number of aromatic nitrogens is 2. The highest BCUT2D eigenvalue weighted by Gasteiger charge is 2.24. The lowest BCUT2D eigenvalue weighted by atomic mass is 10.1. The molecule has 0 saturated heterocycles. The molecule has 2 rings (SSSR count). The summed E-state index contributed by atoms with van der Waals surface area (Å²) in [7, 11) is 0. The van der Waals surface area contributed by atoms with Crippen LogP contribution in [-0.2, 0) is 0 Å². The van der Waals surface area contributed by atoms with Crippen LogP contribution in [0.3, 0.4) is 0 Å². The van der Waals surface area contributed by atoms with Crippen LogP contribution in [0.25, 0.3) is 0 Å². The SMILES string of the molecule is CCNc1nc(C)c([N+](=O)[O-])c(NC2CCCCCC2)n1. The fraction of sp³-hybridized carbons (Fsp3) is 0.714. The van der Waals surface area contributed by atoms with Gasteiger partial charge in [-0.1, -0.05) is 25.7 Å². The van der Waals surface area contributed by atoms with Crippen molar-refractivity contribution in [2.45, 2.75) is 58.4 Å². The minimum atomic E-state index is -0.399. The van der Waals surface area contributed by atoms with E-state index >= 15 is 0 Å². The summed E-state index contributed by atoms with van der Waals surface area (Å²) in [6, 6.07) is 0.259. The van der Waals surface area contributed by atoms with Gasteiger partial charge in [0.05, 0.1) is 4.92 Å². The number of anilines is 2. The van der Waals surface area contributed by atoms with Crippen LogP contribution in [-0.4, -0.2) is 27.5 Å². The number of aryl methyl sites for hydroxylation is 1. The minimum Gasteiger partial charge on any atom is -0.361 e. The van der Waals surface area contributed by atoms with Crippen molar-refractivity contribution >= 4 is 17.5 Å². The Balaban J connectivity index is 2.27. The maximum absolute atomic E-state index is 11.3. The quantitative estimate of drug-likeness (QED) is 0.491. The lowest BCUT2D eigenvalue weighted by Gasteiger charge is -2.17. The van der Waals surface area contributed by atoms with Crippen LogP contribution in [0.15, 0.2) is 0 Å². The Kier molecular flexibility index (Phi) is 5.30. The Hall–Kier alpha value is -1.92. The van der Waals surface area contributed by atoms with Gasteiger partial charge in [-0.3, -0.25) is 10.1 Å². The van der Waals surface area contributed by atoms with Gasteiger partial charge in [-0.25, -0.2) is 4.98 Å². The zero-order valence-electron chi connectivity index (χ0n) is 12.7. The zero-order valence-corrected chi connectivity index (χ0v) is 12.7. The van der Waals surface area contributed by atoms with Crippen molar-refractivity contribution in [1.82, 2.24) is 9.97 Å². The van der Waals surface area contributed by atoms with Crippen molar-refractivity contribution in [3.05, 3.63) is 15.8 Å². The fourth-order valence-corrected chi connectivity index (χ4v) is 2.74. The van der Waals surface area contributed by atoms with E-state index in [2.05, 4.69) is 20.6 Å². The van der Waals surface area contributed by atoms with Gasteiger partial charge in [-0.15, -0.1) is 0 Å². The molecular formula is C14H23N5O2. The maximum atomic E-state index is 11.3. The summed E-state index contributed by atoms with van der Waals surface area (Å²) in [5, 5.41) is 17.6. The number of hydrogen-bond donors (Lipinski definition) is 2. The van der Waals surface area contributed by atoms with Crippen molar-refractivity contribution in [3.63, 3.8) is 0 Å². The average Bonchev–Trinajstić information content (AvgIpc) is 2.66. The Bertz CT molecular complexity index is 498. The van der Waals surface area contributed by atoms with E-state index in [9.17, 15) is 10.1 Å². The van der Waals surface area contributed by atoms with E-state index in [1.54, 1.807) is 6.92 Å². The predicted octanol–water partition coefficient (Wildman–Crippen LogP) is 3.26. The van der Waals surface area contributed by atoms with Crippen LogP contribution >= 0.6 is 0 Å². The molecule has 1 fully saturated rings. The molecule has 0 unspecified atom stereocenters. The monoisotopic (exact) mass is 293 g/mol. The second-order valence-electron chi connectivity index (χ2n) is 5.45. The first-order chi connectivity index (χ1) is 10.1. The number of rotatable bonds is 5. The molecule has 0 spiro atoms. The Labute approximate surface area is 124 Å². The van der Waals surface area contributed by atoms with Crippen LogP contribution in [0.2, 0.25) is 0 Å². The van der Waals surface area contributed by atoms with Crippen molar-refractivity contribution < 1.29 is 4.92 Å². The van der Waals surface area contributed by atoms with E-state index in [0.29, 0.717) is 24.0 Å². The third kappa shape index (κ3) is 4.03. The first kappa shape index (κ1) is 15.5. The van der Waals surface area contributed by atoms with Crippen LogP contribution in [0.1, 0.15) is 51.1 Å². The molecular weight excluding hydrogens is 270 g/mol. The van der Waals surface area contributed by atoms with E-state index < -0.39 is 4.92 Å². The van der Waals surface area contributed by atoms with Gasteiger partial charge in [0.1, 0.15) is 5.69 Å². The second-order valence-corrected chi connectivity index (χ2v) is 5.45. The molecule has 0 amide bonds. The van der Waals surface area contributed by atoms with Crippen LogP contribution < -0.4 is 10.6 Å². The molecule has 0 bridgehead atoms. The van der Waals surface area contributed by atoms with E-state index in [4.69, 9.17) is 0 Å². The lowest BCUT2D eigenvalue weighted by molar-refractivity contribution is -0.385. The van der Waals surface area contributed by atoms with Crippen LogP contribution in [0.4, 0.5) is 17.5 Å². The third-order valence-corrected chi connectivity index (χ3v) is 3.77. The largest absolute Gasteiger partial charge is 0.361 e. The summed E-state index contributed by atoms with van der Waals surface area (Å²) >= 11 is 0. The van der Waals surface area contributed by atoms with Gasteiger partial charge in [-0.05, 0) is 26.7 Å². The highest BCUT2D eigenvalue weighted by molar-refractivity contribution is 5.61. The molecule has 1 aliphatic rings. The zero-order chi connectivity index (χ0) is 15.2. The fourth-order valence-electron chi connectivity index (χ4n) is 2.74. The van der Waals surface area contributed by atoms with Crippen LogP contribution in [0, 0.1) is 17.0 Å². The van der Waals surface area contributed by atoms with E-state index in [1.165, 1.54) is 12.8 Å². The highest BCUT2D eigenvalue weighted by Crippen LogP contribution is 2.29. The molecule has 0 atom stereocenters. The first-order valence-corrected chi connectivity index (χ1v) is 7.65. The molecule has 1 aliphatic carbocycles. The third-order valence-electron chi connectivity index (χ3n) is 3.77. The predicted molar refractivity (Wildman–Crippen MR) is 82.7 cm³/mol. The topological polar surface area (TPSA) is 93.0 Å². The van der Waals surface area contributed by atoms with E-state index in [-0.39, 0.29) is 11.7 Å². The minimum absolute atomic E-state index is 0.0131. The molecule has 0 aromatic carbocycles. The van der Waals surface area contributed by atoms with Crippen molar-refractivity contribution in [2.75, 3.05) is 17.2 Å². The molecule has 1 heterocycles. The molecule has 1 aromatic rings. The molecule has 1 saturated carbocycles. The molecule has 0 radical (unpaired) electrons. The molecule has 1 aromatic heterocycles.